The van der Waals surface area contributed by atoms with Gasteiger partial charge < -0.3 is 20.3 Å². The summed E-state index contributed by atoms with van der Waals surface area (Å²) < 4.78 is 28.4. The first kappa shape index (κ1) is 17.9. The zero-order valence-corrected chi connectivity index (χ0v) is 14.1. The highest BCUT2D eigenvalue weighted by atomic mass is 19.3. The van der Waals surface area contributed by atoms with Gasteiger partial charge in [-0.25, -0.2) is 9.78 Å². The number of alkyl halides is 2. The number of ether oxygens (including phenoxy) is 1. The van der Waals surface area contributed by atoms with E-state index in [4.69, 9.17) is 0 Å². The zero-order valence-electron chi connectivity index (χ0n) is 14.1. The minimum Gasteiger partial charge on any atom is -0.435 e. The number of nitrogens with zero attached hydrogens (tertiary/aromatic N) is 2. The van der Waals surface area contributed by atoms with Gasteiger partial charge in [-0.15, -0.1) is 0 Å². The Kier molecular flexibility index (Phi) is 5.83. The number of carbonyl (C=O) groups excluding carboxylic acids is 1. The molecule has 1 aliphatic heterocycles. The molecule has 0 spiro atoms. The number of hydrogen-bond donors (Lipinski definition) is 2. The standard InChI is InChI=1S/C18H20F2N4O2/c19-17(20)26-15-6-4-14(5-7-15)23-18(25)22-12-13-3-8-16(21-11-13)24-9-1-2-10-24/h3-8,11,17H,1-2,9-10,12H2,(H2,22,23,25). The van der Waals surface area contributed by atoms with Crippen LogP contribution in [-0.4, -0.2) is 30.7 Å². The maximum Gasteiger partial charge on any atom is 0.387 e. The second kappa shape index (κ2) is 8.46. The zero-order chi connectivity index (χ0) is 18.4. The molecule has 2 N–H and O–H groups in total. The Balaban J connectivity index is 1.46. The summed E-state index contributed by atoms with van der Waals surface area (Å²) in [7, 11) is 0. The second-order valence-electron chi connectivity index (χ2n) is 5.93. The van der Waals surface area contributed by atoms with Crippen molar-refractivity contribution in [3.05, 3.63) is 48.2 Å². The molecule has 2 aromatic rings. The highest BCUT2D eigenvalue weighted by Gasteiger charge is 2.13. The van der Waals surface area contributed by atoms with E-state index in [1.165, 1.54) is 37.1 Å². The summed E-state index contributed by atoms with van der Waals surface area (Å²) in [6, 6.07) is 9.22. The maximum absolute atomic E-state index is 12.1. The van der Waals surface area contributed by atoms with Gasteiger partial charge in [0.1, 0.15) is 11.6 Å². The van der Waals surface area contributed by atoms with E-state index in [-0.39, 0.29) is 5.75 Å². The molecule has 1 fully saturated rings. The molecule has 0 atom stereocenters. The van der Waals surface area contributed by atoms with E-state index in [2.05, 4.69) is 25.3 Å². The number of rotatable bonds is 6. The van der Waals surface area contributed by atoms with E-state index in [0.717, 1.165) is 24.5 Å². The van der Waals surface area contributed by atoms with Crippen LogP contribution in [-0.2, 0) is 6.54 Å². The van der Waals surface area contributed by atoms with E-state index in [0.29, 0.717) is 12.2 Å². The minimum absolute atomic E-state index is 0.0372. The molecule has 26 heavy (non-hydrogen) atoms. The van der Waals surface area contributed by atoms with E-state index in [1.54, 1.807) is 6.20 Å². The summed E-state index contributed by atoms with van der Waals surface area (Å²) in [4.78, 5) is 18.6. The number of amides is 2. The Labute approximate surface area is 150 Å². The quantitative estimate of drug-likeness (QED) is 0.824. The van der Waals surface area contributed by atoms with Gasteiger partial charge in [-0.1, -0.05) is 6.07 Å². The van der Waals surface area contributed by atoms with Gasteiger partial charge >= 0.3 is 12.6 Å². The summed E-state index contributed by atoms with van der Waals surface area (Å²) >= 11 is 0. The lowest BCUT2D eigenvalue weighted by Gasteiger charge is -2.16. The largest absolute Gasteiger partial charge is 0.435 e. The Hall–Kier alpha value is -2.90. The Bertz CT molecular complexity index is 717. The third kappa shape index (κ3) is 5.05. The normalized spacial score (nSPS) is 13.7. The summed E-state index contributed by atoms with van der Waals surface area (Å²) in [6.45, 7) is -0.462. The SMILES string of the molecule is O=C(NCc1ccc(N2CCCC2)nc1)Nc1ccc(OC(F)F)cc1. The molecule has 1 saturated heterocycles. The fourth-order valence-electron chi connectivity index (χ4n) is 2.73. The second-order valence-corrected chi connectivity index (χ2v) is 5.93. The fraction of sp³-hybridized carbons (Fsp3) is 0.333. The van der Waals surface area contributed by atoms with Gasteiger partial charge in [0, 0.05) is 31.5 Å². The third-order valence-corrected chi connectivity index (χ3v) is 4.03. The van der Waals surface area contributed by atoms with Crippen molar-refractivity contribution >= 4 is 17.5 Å². The number of carbonyl (C=O) groups is 1. The van der Waals surface area contributed by atoms with E-state index in [9.17, 15) is 13.6 Å². The van der Waals surface area contributed by atoms with Crippen molar-refractivity contribution in [3.8, 4) is 5.75 Å². The lowest BCUT2D eigenvalue weighted by atomic mass is 10.2. The molecule has 8 heteroatoms. The number of hydrogen-bond acceptors (Lipinski definition) is 4. The third-order valence-electron chi connectivity index (χ3n) is 4.03. The van der Waals surface area contributed by atoms with Crippen LogP contribution >= 0.6 is 0 Å². The monoisotopic (exact) mass is 362 g/mol. The number of pyridine rings is 1. The van der Waals surface area contributed by atoms with Crippen molar-refractivity contribution in [2.45, 2.75) is 26.0 Å². The van der Waals surface area contributed by atoms with Crippen molar-refractivity contribution in [1.29, 1.82) is 0 Å². The summed E-state index contributed by atoms with van der Waals surface area (Å²) in [5.74, 6) is 0.997. The number of aromatic nitrogens is 1. The lowest BCUT2D eigenvalue weighted by Crippen LogP contribution is -2.28. The van der Waals surface area contributed by atoms with Crippen LogP contribution in [0.1, 0.15) is 18.4 Å². The van der Waals surface area contributed by atoms with Crippen molar-refractivity contribution in [2.24, 2.45) is 0 Å². The molecule has 0 radical (unpaired) electrons. The first-order valence-corrected chi connectivity index (χ1v) is 8.40. The number of halogens is 2. The predicted molar refractivity (Wildman–Crippen MR) is 94.6 cm³/mol. The molecule has 0 saturated carbocycles. The Morgan fingerprint density at radius 1 is 1.15 bits per heavy atom. The van der Waals surface area contributed by atoms with Crippen LogP contribution < -0.4 is 20.3 Å². The summed E-state index contributed by atoms with van der Waals surface area (Å²) in [5.41, 5.74) is 1.37. The van der Waals surface area contributed by atoms with Crippen LogP contribution in [0, 0.1) is 0 Å². The Morgan fingerprint density at radius 3 is 2.50 bits per heavy atom. The highest BCUT2D eigenvalue weighted by molar-refractivity contribution is 5.89. The number of benzene rings is 1. The molecule has 6 nitrogen and oxygen atoms in total. The lowest BCUT2D eigenvalue weighted by molar-refractivity contribution is -0.0498. The molecule has 0 unspecified atom stereocenters. The molecular weight excluding hydrogens is 342 g/mol. The molecule has 1 aromatic heterocycles. The number of urea groups is 1. The molecule has 138 valence electrons. The molecule has 1 aromatic carbocycles. The maximum atomic E-state index is 12.1. The van der Waals surface area contributed by atoms with Gasteiger partial charge in [0.15, 0.2) is 0 Å². The van der Waals surface area contributed by atoms with Crippen molar-refractivity contribution in [1.82, 2.24) is 10.3 Å². The molecule has 3 rings (SSSR count). The molecular formula is C18H20F2N4O2. The van der Waals surface area contributed by atoms with Crippen LogP contribution in [0.5, 0.6) is 5.75 Å². The minimum atomic E-state index is -2.87. The van der Waals surface area contributed by atoms with Crippen LogP contribution in [0.4, 0.5) is 25.1 Å². The summed E-state index contributed by atoms with van der Waals surface area (Å²) in [6.07, 6.45) is 4.14. The summed E-state index contributed by atoms with van der Waals surface area (Å²) in [5, 5.41) is 5.36. The average molecular weight is 362 g/mol. The van der Waals surface area contributed by atoms with Gasteiger partial charge in [0.25, 0.3) is 0 Å². The van der Waals surface area contributed by atoms with Gasteiger partial charge in [-0.2, -0.15) is 8.78 Å². The van der Waals surface area contributed by atoms with Crippen molar-refractivity contribution < 1.29 is 18.3 Å². The average Bonchev–Trinajstić information content (AvgIpc) is 3.16. The van der Waals surface area contributed by atoms with Crippen molar-refractivity contribution in [2.75, 3.05) is 23.3 Å². The first-order chi connectivity index (χ1) is 12.6. The van der Waals surface area contributed by atoms with Crippen LogP contribution in [0.25, 0.3) is 0 Å². The van der Waals surface area contributed by atoms with Gasteiger partial charge in [-0.3, -0.25) is 0 Å². The molecule has 2 heterocycles. The topological polar surface area (TPSA) is 66.5 Å². The van der Waals surface area contributed by atoms with E-state index < -0.39 is 12.6 Å². The van der Waals surface area contributed by atoms with Crippen LogP contribution in [0.3, 0.4) is 0 Å². The van der Waals surface area contributed by atoms with Crippen LogP contribution in [0.2, 0.25) is 0 Å². The van der Waals surface area contributed by atoms with Crippen LogP contribution in [0.15, 0.2) is 42.6 Å². The Morgan fingerprint density at radius 2 is 1.88 bits per heavy atom. The van der Waals surface area contributed by atoms with Gasteiger partial charge in [0.2, 0.25) is 0 Å². The van der Waals surface area contributed by atoms with E-state index in [1.807, 2.05) is 12.1 Å². The number of nitrogens with one attached hydrogen (secondary N) is 2. The molecule has 0 bridgehead atoms. The molecule has 2 amide bonds. The predicted octanol–water partition coefficient (Wildman–Crippen LogP) is 3.60. The van der Waals surface area contributed by atoms with Gasteiger partial charge in [-0.05, 0) is 48.7 Å². The number of anilines is 2. The van der Waals surface area contributed by atoms with Gasteiger partial charge in [0.05, 0.1) is 0 Å². The molecule has 0 aliphatic carbocycles. The van der Waals surface area contributed by atoms with E-state index >= 15 is 0 Å². The molecule has 1 aliphatic rings. The first-order valence-electron chi connectivity index (χ1n) is 8.40. The fourth-order valence-corrected chi connectivity index (χ4v) is 2.73. The van der Waals surface area contributed by atoms with Crippen molar-refractivity contribution in [3.63, 3.8) is 0 Å². The smallest absolute Gasteiger partial charge is 0.387 e. The highest BCUT2D eigenvalue weighted by Crippen LogP contribution is 2.18.